The Morgan fingerprint density at radius 2 is 1.79 bits per heavy atom. The first-order valence-electron chi connectivity index (χ1n) is 9.16. The van der Waals surface area contributed by atoms with Crippen LogP contribution in [0.25, 0.3) is 0 Å². The van der Waals surface area contributed by atoms with Gasteiger partial charge >= 0.3 is 0 Å². The average Bonchev–Trinajstić information content (AvgIpc) is 2.75. The summed E-state index contributed by atoms with van der Waals surface area (Å²) in [6.45, 7) is 3.63. The van der Waals surface area contributed by atoms with Crippen LogP contribution in [0.2, 0.25) is 0 Å². The Morgan fingerprint density at radius 3 is 2.54 bits per heavy atom. The molecule has 1 saturated heterocycles. The van der Waals surface area contributed by atoms with Crippen molar-refractivity contribution in [3.8, 4) is 0 Å². The first-order valence-corrected chi connectivity index (χ1v) is 9.16. The van der Waals surface area contributed by atoms with Gasteiger partial charge in [0.25, 0.3) is 11.8 Å². The van der Waals surface area contributed by atoms with Gasteiger partial charge in [-0.2, -0.15) is 0 Å². The minimum atomic E-state index is -0.368. The van der Waals surface area contributed by atoms with Crippen LogP contribution in [0.3, 0.4) is 0 Å². The highest BCUT2D eigenvalue weighted by molar-refractivity contribution is 6.05. The van der Waals surface area contributed by atoms with E-state index in [0.29, 0.717) is 32.1 Å². The van der Waals surface area contributed by atoms with Crippen molar-refractivity contribution in [3.05, 3.63) is 53.9 Å². The van der Waals surface area contributed by atoms with E-state index in [1.54, 1.807) is 25.3 Å². The summed E-state index contributed by atoms with van der Waals surface area (Å²) in [4.78, 5) is 31.2. The molecule has 0 saturated carbocycles. The third-order valence-corrected chi connectivity index (χ3v) is 4.31. The molecular weight excluding hydrogens is 360 g/mol. The van der Waals surface area contributed by atoms with E-state index < -0.39 is 0 Å². The molecule has 0 spiro atoms. The molecule has 1 aliphatic rings. The fourth-order valence-corrected chi connectivity index (χ4v) is 2.89. The topological polar surface area (TPSA) is 92.8 Å². The molecule has 1 aromatic carbocycles. The van der Waals surface area contributed by atoms with E-state index in [1.165, 1.54) is 0 Å². The quantitative estimate of drug-likeness (QED) is 0.704. The van der Waals surface area contributed by atoms with Crippen LogP contribution in [0, 0.1) is 0 Å². The van der Waals surface area contributed by atoms with E-state index in [0.717, 1.165) is 18.8 Å². The minimum Gasteiger partial charge on any atom is -0.383 e. The number of ether oxygens (including phenoxy) is 2. The summed E-state index contributed by atoms with van der Waals surface area (Å²) < 4.78 is 10.3. The monoisotopic (exact) mass is 384 g/mol. The Kier molecular flexibility index (Phi) is 6.94. The Balaban J connectivity index is 1.72. The van der Waals surface area contributed by atoms with Crippen LogP contribution in [0.15, 0.2) is 42.5 Å². The standard InChI is InChI=1S/C20H24N4O4/c1-27-12-9-21-19(25)16-6-4-7-17(22-16)20(26)23-15-5-2-3-8-18(15)24-10-13-28-14-11-24/h2-8H,9-14H2,1H3,(H,21,25)(H,23,26). The Labute approximate surface area is 163 Å². The molecule has 2 amide bonds. The van der Waals surface area contributed by atoms with Gasteiger partial charge < -0.3 is 25.0 Å². The fraction of sp³-hybridized carbons (Fsp3) is 0.350. The zero-order valence-electron chi connectivity index (χ0n) is 15.8. The predicted octanol–water partition coefficient (Wildman–Crippen LogP) is 1.55. The molecule has 0 bridgehead atoms. The normalized spacial score (nSPS) is 13.8. The number of methoxy groups -OCH3 is 1. The van der Waals surface area contributed by atoms with Crippen molar-refractivity contribution < 1.29 is 19.1 Å². The number of amides is 2. The van der Waals surface area contributed by atoms with Crippen molar-refractivity contribution in [1.82, 2.24) is 10.3 Å². The Hall–Kier alpha value is -2.97. The van der Waals surface area contributed by atoms with E-state index in [-0.39, 0.29) is 23.2 Å². The third kappa shape index (κ3) is 5.05. The molecule has 1 aromatic heterocycles. The molecule has 2 aromatic rings. The van der Waals surface area contributed by atoms with Crippen LogP contribution >= 0.6 is 0 Å². The van der Waals surface area contributed by atoms with Crippen molar-refractivity contribution in [2.45, 2.75) is 0 Å². The Bertz CT molecular complexity index is 821. The van der Waals surface area contributed by atoms with Gasteiger partial charge in [-0.25, -0.2) is 4.98 Å². The van der Waals surface area contributed by atoms with Crippen molar-refractivity contribution in [2.75, 3.05) is 56.8 Å². The first-order chi connectivity index (χ1) is 13.7. The maximum absolute atomic E-state index is 12.7. The maximum atomic E-state index is 12.7. The summed E-state index contributed by atoms with van der Waals surface area (Å²) in [5.41, 5.74) is 2.00. The molecule has 1 aliphatic heterocycles. The number of rotatable bonds is 7. The second-order valence-electron chi connectivity index (χ2n) is 6.23. The second kappa shape index (κ2) is 9.82. The van der Waals surface area contributed by atoms with Crippen LogP contribution in [-0.2, 0) is 9.47 Å². The zero-order chi connectivity index (χ0) is 19.8. The lowest BCUT2D eigenvalue weighted by atomic mass is 10.2. The minimum absolute atomic E-state index is 0.177. The number of para-hydroxylation sites is 2. The van der Waals surface area contributed by atoms with Gasteiger partial charge in [-0.15, -0.1) is 0 Å². The highest BCUT2D eigenvalue weighted by atomic mass is 16.5. The van der Waals surface area contributed by atoms with Crippen molar-refractivity contribution in [1.29, 1.82) is 0 Å². The number of aromatic nitrogens is 1. The molecule has 0 unspecified atom stereocenters. The molecule has 8 nitrogen and oxygen atoms in total. The van der Waals surface area contributed by atoms with Crippen LogP contribution in [0.4, 0.5) is 11.4 Å². The average molecular weight is 384 g/mol. The molecule has 3 rings (SSSR count). The van der Waals surface area contributed by atoms with E-state index in [1.807, 2.05) is 24.3 Å². The molecule has 0 radical (unpaired) electrons. The third-order valence-electron chi connectivity index (χ3n) is 4.31. The second-order valence-corrected chi connectivity index (χ2v) is 6.23. The molecule has 1 fully saturated rings. The summed E-state index contributed by atoms with van der Waals surface area (Å²) in [6, 6.07) is 12.4. The van der Waals surface area contributed by atoms with E-state index >= 15 is 0 Å². The highest BCUT2D eigenvalue weighted by Gasteiger charge is 2.17. The number of benzene rings is 1. The number of nitrogens with one attached hydrogen (secondary N) is 2. The van der Waals surface area contributed by atoms with Gasteiger partial charge in [0.05, 0.1) is 31.2 Å². The number of pyridine rings is 1. The SMILES string of the molecule is COCCNC(=O)c1cccc(C(=O)Nc2ccccc2N2CCOCC2)n1. The van der Waals surface area contributed by atoms with Gasteiger partial charge in [-0.3, -0.25) is 9.59 Å². The number of hydrogen-bond acceptors (Lipinski definition) is 6. The number of nitrogens with zero attached hydrogens (tertiary/aromatic N) is 2. The largest absolute Gasteiger partial charge is 0.383 e. The molecule has 2 heterocycles. The van der Waals surface area contributed by atoms with Gasteiger partial charge in [0.15, 0.2) is 0 Å². The van der Waals surface area contributed by atoms with Crippen LogP contribution in [0.1, 0.15) is 21.0 Å². The highest BCUT2D eigenvalue weighted by Crippen LogP contribution is 2.26. The number of morpholine rings is 1. The van der Waals surface area contributed by atoms with E-state index in [9.17, 15) is 9.59 Å². The van der Waals surface area contributed by atoms with Crippen molar-refractivity contribution in [2.24, 2.45) is 0 Å². The lowest BCUT2D eigenvalue weighted by molar-refractivity contribution is 0.0932. The number of anilines is 2. The molecule has 28 heavy (non-hydrogen) atoms. The Morgan fingerprint density at radius 1 is 1.07 bits per heavy atom. The summed E-state index contributed by atoms with van der Waals surface area (Å²) in [5.74, 6) is -0.715. The predicted molar refractivity (Wildman–Crippen MR) is 106 cm³/mol. The first kappa shape index (κ1) is 19.8. The van der Waals surface area contributed by atoms with Gasteiger partial charge in [0, 0.05) is 26.7 Å². The smallest absolute Gasteiger partial charge is 0.274 e. The maximum Gasteiger partial charge on any atom is 0.274 e. The van der Waals surface area contributed by atoms with Gasteiger partial charge in [0.2, 0.25) is 0 Å². The number of carbonyl (C=O) groups excluding carboxylic acids is 2. The van der Waals surface area contributed by atoms with Crippen molar-refractivity contribution >= 4 is 23.2 Å². The molecule has 0 atom stereocenters. The summed E-state index contributed by atoms with van der Waals surface area (Å²) in [7, 11) is 1.56. The number of carbonyl (C=O) groups is 2. The van der Waals surface area contributed by atoms with Gasteiger partial charge in [0.1, 0.15) is 11.4 Å². The van der Waals surface area contributed by atoms with E-state index in [4.69, 9.17) is 9.47 Å². The molecule has 2 N–H and O–H groups in total. The summed E-state index contributed by atoms with van der Waals surface area (Å²) >= 11 is 0. The van der Waals surface area contributed by atoms with Crippen LogP contribution in [0.5, 0.6) is 0 Å². The van der Waals surface area contributed by atoms with E-state index in [2.05, 4.69) is 20.5 Å². The lowest BCUT2D eigenvalue weighted by Crippen LogP contribution is -2.36. The fourth-order valence-electron chi connectivity index (χ4n) is 2.89. The molecule has 8 heteroatoms. The van der Waals surface area contributed by atoms with Gasteiger partial charge in [-0.1, -0.05) is 18.2 Å². The molecule has 148 valence electrons. The number of hydrogen-bond donors (Lipinski definition) is 2. The van der Waals surface area contributed by atoms with Gasteiger partial charge in [-0.05, 0) is 24.3 Å². The zero-order valence-corrected chi connectivity index (χ0v) is 15.8. The summed E-state index contributed by atoms with van der Waals surface area (Å²) in [6.07, 6.45) is 0. The lowest BCUT2D eigenvalue weighted by Gasteiger charge is -2.30. The van der Waals surface area contributed by atoms with Crippen LogP contribution in [-0.4, -0.2) is 63.4 Å². The molecular formula is C20H24N4O4. The van der Waals surface area contributed by atoms with Crippen LogP contribution < -0.4 is 15.5 Å². The molecule has 0 aliphatic carbocycles. The summed E-state index contributed by atoms with van der Waals surface area (Å²) in [5, 5.41) is 5.60. The van der Waals surface area contributed by atoms with Crippen molar-refractivity contribution in [3.63, 3.8) is 0 Å².